The van der Waals surface area contributed by atoms with Crippen molar-refractivity contribution in [2.24, 2.45) is 11.8 Å². The Morgan fingerprint density at radius 2 is 1.51 bits per heavy atom. The minimum atomic E-state index is -0.993. The van der Waals surface area contributed by atoms with Crippen LogP contribution < -0.4 is 5.32 Å². The molecule has 2 aliphatic carbocycles. The number of carboxylic acids is 1. The number of fused-ring (bicyclic) bond motifs is 4. The van der Waals surface area contributed by atoms with Crippen molar-refractivity contribution in [1.82, 2.24) is 10.2 Å². The molecule has 184 valence electrons. The van der Waals surface area contributed by atoms with Crippen molar-refractivity contribution in [1.29, 1.82) is 0 Å². The number of likely N-dealkylation sites (tertiary alicyclic amines) is 1. The number of aliphatic carboxylic acids is 1. The summed E-state index contributed by atoms with van der Waals surface area (Å²) in [5, 5.41) is 11.9. The maximum absolute atomic E-state index is 13.3. The van der Waals surface area contributed by atoms with Gasteiger partial charge in [0, 0.05) is 25.4 Å². The number of hydrogen-bond acceptors (Lipinski definition) is 4. The van der Waals surface area contributed by atoms with Gasteiger partial charge >= 0.3 is 12.1 Å². The number of nitrogens with one attached hydrogen (secondary N) is 1. The molecule has 1 saturated heterocycles. The number of rotatable bonds is 7. The second-order valence-corrected chi connectivity index (χ2v) is 10.0. The minimum absolute atomic E-state index is 0.0458. The number of carbonyl (C=O) groups is 3. The monoisotopic (exact) mass is 476 g/mol. The van der Waals surface area contributed by atoms with Crippen molar-refractivity contribution < 1.29 is 24.2 Å². The second-order valence-electron chi connectivity index (χ2n) is 10.0. The SMILES string of the molecule is O=C(O)CCC(NC(=O)OCC1c2ccccc2-c2ccccc21)C(=O)N1C[C@H]2CCCC[C@H]2C1. The average molecular weight is 477 g/mol. The molecule has 7 heteroatoms. The third-order valence-corrected chi connectivity index (χ3v) is 7.87. The normalized spacial score (nSPS) is 21.5. The van der Waals surface area contributed by atoms with Crippen molar-refractivity contribution in [3.63, 3.8) is 0 Å². The Morgan fingerprint density at radius 3 is 2.09 bits per heavy atom. The standard InChI is InChI=1S/C28H32N2O5/c31-26(32)14-13-25(27(33)30-15-18-7-1-2-8-19(18)16-30)29-28(34)35-17-24-22-11-5-3-9-20(22)21-10-4-6-12-23(21)24/h3-6,9-12,18-19,24-25H,1-2,7-8,13-17H2,(H,29,34)(H,31,32)/t18-,19+,25?. The lowest BCUT2D eigenvalue weighted by Crippen LogP contribution is -2.48. The number of ether oxygens (including phenoxy) is 1. The summed E-state index contributed by atoms with van der Waals surface area (Å²) in [5.74, 6) is -0.242. The molecule has 2 fully saturated rings. The highest BCUT2D eigenvalue weighted by molar-refractivity contribution is 5.86. The van der Waals surface area contributed by atoms with E-state index in [2.05, 4.69) is 17.4 Å². The van der Waals surface area contributed by atoms with E-state index in [1.807, 2.05) is 41.3 Å². The number of carbonyl (C=O) groups excluding carboxylic acids is 2. The van der Waals surface area contributed by atoms with E-state index in [1.165, 1.54) is 12.8 Å². The summed E-state index contributed by atoms with van der Waals surface area (Å²) in [6.45, 7) is 1.53. The lowest BCUT2D eigenvalue weighted by molar-refractivity contribution is -0.137. The van der Waals surface area contributed by atoms with E-state index in [9.17, 15) is 19.5 Å². The molecular weight excluding hydrogens is 444 g/mol. The lowest BCUT2D eigenvalue weighted by atomic mass is 9.82. The van der Waals surface area contributed by atoms with Crippen LogP contribution >= 0.6 is 0 Å². The molecule has 2 aromatic carbocycles. The van der Waals surface area contributed by atoms with E-state index in [1.54, 1.807) is 0 Å². The van der Waals surface area contributed by atoms with Crippen LogP contribution in [0.25, 0.3) is 11.1 Å². The fraction of sp³-hybridized carbons (Fsp3) is 0.464. The molecule has 7 nitrogen and oxygen atoms in total. The van der Waals surface area contributed by atoms with Crippen LogP contribution in [0.2, 0.25) is 0 Å². The molecule has 0 spiro atoms. The Hall–Kier alpha value is -3.35. The van der Waals surface area contributed by atoms with Gasteiger partial charge < -0.3 is 20.1 Å². The first-order chi connectivity index (χ1) is 17.0. The first-order valence-electron chi connectivity index (χ1n) is 12.6. The molecule has 2 amide bonds. The third-order valence-electron chi connectivity index (χ3n) is 7.87. The van der Waals surface area contributed by atoms with Gasteiger partial charge in [-0.25, -0.2) is 4.79 Å². The Labute approximate surface area is 205 Å². The van der Waals surface area contributed by atoms with Crippen LogP contribution in [0.4, 0.5) is 4.79 Å². The van der Waals surface area contributed by atoms with Crippen molar-refractivity contribution in [2.45, 2.75) is 50.5 Å². The van der Waals surface area contributed by atoms with Gasteiger partial charge in [0.1, 0.15) is 12.6 Å². The van der Waals surface area contributed by atoms with Gasteiger partial charge in [0.25, 0.3) is 0 Å². The smallest absolute Gasteiger partial charge is 0.407 e. The van der Waals surface area contributed by atoms with Crippen LogP contribution in [0, 0.1) is 11.8 Å². The maximum Gasteiger partial charge on any atom is 0.407 e. The van der Waals surface area contributed by atoms with E-state index < -0.39 is 18.1 Å². The van der Waals surface area contributed by atoms with Crippen LogP contribution in [-0.4, -0.2) is 53.7 Å². The maximum atomic E-state index is 13.3. The summed E-state index contributed by atoms with van der Waals surface area (Å²) >= 11 is 0. The molecular formula is C28H32N2O5. The molecule has 2 aromatic rings. The van der Waals surface area contributed by atoms with E-state index in [4.69, 9.17) is 4.74 Å². The van der Waals surface area contributed by atoms with Crippen molar-refractivity contribution in [2.75, 3.05) is 19.7 Å². The minimum Gasteiger partial charge on any atom is -0.481 e. The van der Waals surface area contributed by atoms with Gasteiger partial charge in [0.05, 0.1) is 0 Å². The summed E-state index contributed by atoms with van der Waals surface area (Å²) in [6.07, 6.45) is 3.83. The van der Waals surface area contributed by atoms with Crippen LogP contribution in [0.3, 0.4) is 0 Å². The second kappa shape index (κ2) is 10.1. The van der Waals surface area contributed by atoms with Crippen molar-refractivity contribution in [3.05, 3.63) is 59.7 Å². The summed E-state index contributed by atoms with van der Waals surface area (Å²) in [7, 11) is 0. The molecule has 2 N–H and O–H groups in total. The lowest BCUT2D eigenvalue weighted by Gasteiger charge is -2.24. The van der Waals surface area contributed by atoms with E-state index >= 15 is 0 Å². The predicted octanol–water partition coefficient (Wildman–Crippen LogP) is 4.41. The zero-order valence-corrected chi connectivity index (χ0v) is 19.8. The number of nitrogens with zero attached hydrogens (tertiary/aromatic N) is 1. The Bertz CT molecular complexity index is 1060. The van der Waals surface area contributed by atoms with Gasteiger partial charge in [-0.2, -0.15) is 0 Å². The van der Waals surface area contributed by atoms with Crippen molar-refractivity contribution >= 4 is 18.0 Å². The van der Waals surface area contributed by atoms with Crippen LogP contribution in [0.15, 0.2) is 48.5 Å². The molecule has 35 heavy (non-hydrogen) atoms. The highest BCUT2D eigenvalue weighted by Gasteiger charge is 2.39. The zero-order chi connectivity index (χ0) is 24.4. The van der Waals surface area contributed by atoms with Gasteiger partial charge in [0.2, 0.25) is 5.91 Å². The van der Waals surface area contributed by atoms with Gasteiger partial charge in [-0.15, -0.1) is 0 Å². The van der Waals surface area contributed by atoms with E-state index in [-0.39, 0.29) is 31.3 Å². The highest BCUT2D eigenvalue weighted by atomic mass is 16.5. The first kappa shape index (κ1) is 23.4. The van der Waals surface area contributed by atoms with Gasteiger partial charge in [-0.1, -0.05) is 61.4 Å². The quantitative estimate of drug-likeness (QED) is 0.617. The molecule has 1 saturated carbocycles. The van der Waals surface area contributed by atoms with Crippen LogP contribution in [0.5, 0.6) is 0 Å². The van der Waals surface area contributed by atoms with Gasteiger partial charge in [-0.05, 0) is 53.4 Å². The zero-order valence-electron chi connectivity index (χ0n) is 19.8. The Kier molecular flexibility index (Phi) is 6.75. The fourth-order valence-corrected chi connectivity index (χ4v) is 6.11. The molecule has 0 aromatic heterocycles. The molecule has 1 unspecified atom stereocenters. The Morgan fingerprint density at radius 1 is 0.943 bits per heavy atom. The summed E-state index contributed by atoms with van der Waals surface area (Å²) in [4.78, 5) is 39.1. The largest absolute Gasteiger partial charge is 0.481 e. The van der Waals surface area contributed by atoms with Gasteiger partial charge in [0.15, 0.2) is 0 Å². The fourth-order valence-electron chi connectivity index (χ4n) is 6.11. The van der Waals surface area contributed by atoms with Crippen LogP contribution in [-0.2, 0) is 14.3 Å². The van der Waals surface area contributed by atoms with Gasteiger partial charge in [-0.3, -0.25) is 9.59 Å². The number of carboxylic acid groups (broad SMARTS) is 1. The summed E-state index contributed by atoms with van der Waals surface area (Å²) in [5.41, 5.74) is 4.50. The molecule has 1 aliphatic heterocycles. The number of alkyl carbamates (subject to hydrolysis) is 1. The molecule has 5 rings (SSSR count). The average Bonchev–Trinajstić information content (AvgIpc) is 3.44. The molecule has 0 radical (unpaired) electrons. The number of benzene rings is 2. The predicted molar refractivity (Wildman–Crippen MR) is 131 cm³/mol. The van der Waals surface area contributed by atoms with Crippen molar-refractivity contribution in [3.8, 4) is 11.1 Å². The van der Waals surface area contributed by atoms with Crippen LogP contribution in [0.1, 0.15) is 55.6 Å². The molecule has 0 bridgehead atoms. The summed E-state index contributed by atoms with van der Waals surface area (Å²) < 4.78 is 5.62. The molecule has 3 aliphatic rings. The first-order valence-corrected chi connectivity index (χ1v) is 12.6. The molecule has 1 heterocycles. The Balaban J connectivity index is 1.24. The molecule has 3 atom stereocenters. The highest BCUT2D eigenvalue weighted by Crippen LogP contribution is 2.44. The number of hydrogen-bond donors (Lipinski definition) is 2. The van der Waals surface area contributed by atoms with E-state index in [0.717, 1.165) is 35.1 Å². The summed E-state index contributed by atoms with van der Waals surface area (Å²) in [6, 6.07) is 15.3. The number of amides is 2. The van der Waals surface area contributed by atoms with E-state index in [0.29, 0.717) is 24.9 Å². The third kappa shape index (κ3) is 4.90. The topological polar surface area (TPSA) is 95.9 Å².